The van der Waals surface area contributed by atoms with E-state index in [2.05, 4.69) is 21.2 Å². The van der Waals surface area contributed by atoms with Gasteiger partial charge in [-0.15, -0.1) is 0 Å². The predicted molar refractivity (Wildman–Crippen MR) is 72.7 cm³/mol. The van der Waals surface area contributed by atoms with Crippen molar-refractivity contribution in [1.29, 1.82) is 0 Å². The number of halogens is 1. The number of aryl methyl sites for hydroxylation is 1. The smallest absolute Gasteiger partial charge is 0.251 e. The van der Waals surface area contributed by atoms with E-state index in [9.17, 15) is 4.79 Å². The summed E-state index contributed by atoms with van der Waals surface area (Å²) in [4.78, 5) is 12.0. The SMILES string of the molecule is COCC(Br)CCNC(=O)c1ccc(C)cc1. The predicted octanol–water partition coefficient (Wildman–Crippen LogP) is 2.52. The van der Waals surface area contributed by atoms with Gasteiger partial charge in [-0.1, -0.05) is 33.6 Å². The van der Waals surface area contributed by atoms with Crippen LogP contribution in [0.4, 0.5) is 0 Å². The minimum absolute atomic E-state index is 0.0258. The highest BCUT2D eigenvalue weighted by Gasteiger charge is 2.06. The lowest BCUT2D eigenvalue weighted by molar-refractivity contribution is 0.0952. The summed E-state index contributed by atoms with van der Waals surface area (Å²) in [6, 6.07) is 7.55. The number of carbonyl (C=O) groups excluding carboxylic acids is 1. The van der Waals surface area contributed by atoms with Crippen molar-refractivity contribution >= 4 is 21.8 Å². The molecule has 1 N–H and O–H groups in total. The molecule has 4 heteroatoms. The molecule has 0 aromatic heterocycles. The highest BCUT2D eigenvalue weighted by molar-refractivity contribution is 9.09. The van der Waals surface area contributed by atoms with Gasteiger partial charge in [-0.3, -0.25) is 4.79 Å². The maximum absolute atomic E-state index is 11.7. The molecule has 1 amide bonds. The van der Waals surface area contributed by atoms with Crippen molar-refractivity contribution < 1.29 is 9.53 Å². The Kier molecular flexibility index (Phi) is 6.22. The average Bonchev–Trinajstić information content (AvgIpc) is 2.30. The molecule has 0 aliphatic heterocycles. The van der Waals surface area contributed by atoms with Crippen molar-refractivity contribution in [3.05, 3.63) is 35.4 Å². The van der Waals surface area contributed by atoms with Crippen LogP contribution >= 0.6 is 15.9 Å². The molecule has 1 aromatic carbocycles. The van der Waals surface area contributed by atoms with Gasteiger partial charge in [-0.2, -0.15) is 0 Å². The Morgan fingerprint density at radius 3 is 2.65 bits per heavy atom. The molecule has 1 rings (SSSR count). The van der Waals surface area contributed by atoms with Gasteiger partial charge in [-0.05, 0) is 25.5 Å². The molecule has 1 aromatic rings. The van der Waals surface area contributed by atoms with Gasteiger partial charge >= 0.3 is 0 Å². The molecule has 0 spiro atoms. The second-order valence-corrected chi connectivity index (χ2v) is 5.26. The number of carbonyl (C=O) groups is 1. The summed E-state index contributed by atoms with van der Waals surface area (Å²) in [5.41, 5.74) is 1.86. The zero-order valence-corrected chi connectivity index (χ0v) is 11.8. The van der Waals surface area contributed by atoms with E-state index in [1.54, 1.807) is 7.11 Å². The van der Waals surface area contributed by atoms with Gasteiger partial charge in [0, 0.05) is 24.0 Å². The molecule has 0 fully saturated rings. The first-order valence-corrected chi connectivity index (χ1v) is 6.53. The molecule has 0 saturated heterocycles. The Labute approximate surface area is 111 Å². The van der Waals surface area contributed by atoms with Gasteiger partial charge in [0.2, 0.25) is 0 Å². The van der Waals surface area contributed by atoms with Gasteiger partial charge in [0.25, 0.3) is 5.91 Å². The summed E-state index contributed by atoms with van der Waals surface area (Å²) in [7, 11) is 1.67. The lowest BCUT2D eigenvalue weighted by Gasteiger charge is -2.09. The van der Waals surface area contributed by atoms with Gasteiger partial charge in [0.05, 0.1) is 6.61 Å². The number of benzene rings is 1. The van der Waals surface area contributed by atoms with Crippen LogP contribution in [-0.2, 0) is 4.74 Å². The normalized spacial score (nSPS) is 12.2. The van der Waals surface area contributed by atoms with E-state index in [4.69, 9.17) is 4.74 Å². The third-order valence-corrected chi connectivity index (χ3v) is 3.13. The standard InChI is InChI=1S/C13H18BrNO2/c1-10-3-5-11(6-4-10)13(16)15-8-7-12(14)9-17-2/h3-6,12H,7-9H2,1-2H3,(H,15,16). The fourth-order valence-electron chi connectivity index (χ4n) is 1.41. The minimum Gasteiger partial charge on any atom is -0.384 e. The van der Waals surface area contributed by atoms with Crippen LogP contribution < -0.4 is 5.32 Å². The number of hydrogen-bond acceptors (Lipinski definition) is 2. The largest absolute Gasteiger partial charge is 0.384 e. The molecule has 0 radical (unpaired) electrons. The van der Waals surface area contributed by atoms with Crippen molar-refractivity contribution in [3.63, 3.8) is 0 Å². The number of methoxy groups -OCH3 is 1. The molecule has 3 nitrogen and oxygen atoms in total. The minimum atomic E-state index is -0.0258. The van der Waals surface area contributed by atoms with Gasteiger partial charge < -0.3 is 10.1 Å². The Morgan fingerprint density at radius 1 is 1.41 bits per heavy atom. The van der Waals surface area contributed by atoms with E-state index in [1.807, 2.05) is 31.2 Å². The van der Waals surface area contributed by atoms with Crippen molar-refractivity contribution in [3.8, 4) is 0 Å². The molecule has 1 atom stereocenters. The zero-order chi connectivity index (χ0) is 12.7. The Morgan fingerprint density at radius 2 is 2.06 bits per heavy atom. The molecule has 0 aliphatic rings. The number of amides is 1. The quantitative estimate of drug-likeness (QED) is 0.820. The van der Waals surface area contributed by atoms with Crippen molar-refractivity contribution in [2.45, 2.75) is 18.2 Å². The monoisotopic (exact) mass is 299 g/mol. The van der Waals surface area contributed by atoms with Crippen LogP contribution in [0, 0.1) is 6.92 Å². The van der Waals surface area contributed by atoms with E-state index in [-0.39, 0.29) is 10.7 Å². The molecule has 0 bridgehead atoms. The first-order valence-electron chi connectivity index (χ1n) is 5.61. The second-order valence-electron chi connectivity index (χ2n) is 3.96. The number of rotatable bonds is 6. The van der Waals surface area contributed by atoms with Crippen molar-refractivity contribution in [2.75, 3.05) is 20.3 Å². The summed E-state index contributed by atoms with van der Waals surface area (Å²) >= 11 is 3.48. The Bertz CT molecular complexity index is 351. The van der Waals surface area contributed by atoms with Crippen LogP contribution in [0.5, 0.6) is 0 Å². The third-order valence-electron chi connectivity index (χ3n) is 2.40. The average molecular weight is 300 g/mol. The molecule has 17 heavy (non-hydrogen) atoms. The second kappa shape index (κ2) is 7.45. The van der Waals surface area contributed by atoms with Gasteiger partial charge in [-0.25, -0.2) is 0 Å². The van der Waals surface area contributed by atoms with Crippen LogP contribution in [0.15, 0.2) is 24.3 Å². The summed E-state index contributed by atoms with van der Waals surface area (Å²) in [5, 5.41) is 2.88. The maximum atomic E-state index is 11.7. The molecule has 94 valence electrons. The molecule has 0 saturated carbocycles. The van der Waals surface area contributed by atoms with Crippen LogP contribution in [0.3, 0.4) is 0 Å². The van der Waals surface area contributed by atoms with E-state index in [1.165, 1.54) is 0 Å². The number of hydrogen-bond donors (Lipinski definition) is 1. The van der Waals surface area contributed by atoms with E-state index in [0.717, 1.165) is 12.0 Å². The third kappa shape index (κ3) is 5.33. The highest BCUT2D eigenvalue weighted by atomic mass is 79.9. The van der Waals surface area contributed by atoms with Crippen molar-refractivity contribution in [1.82, 2.24) is 5.32 Å². The lowest BCUT2D eigenvalue weighted by Crippen LogP contribution is -2.26. The van der Waals surface area contributed by atoms with Crippen molar-refractivity contribution in [2.24, 2.45) is 0 Å². The van der Waals surface area contributed by atoms with E-state index in [0.29, 0.717) is 18.7 Å². The first-order chi connectivity index (χ1) is 8.13. The number of ether oxygens (including phenoxy) is 1. The fraction of sp³-hybridized carbons (Fsp3) is 0.462. The van der Waals surface area contributed by atoms with Crippen LogP contribution in [0.25, 0.3) is 0 Å². The molecule has 1 unspecified atom stereocenters. The fourth-order valence-corrected chi connectivity index (χ4v) is 1.91. The molecule has 0 heterocycles. The lowest BCUT2D eigenvalue weighted by atomic mass is 10.1. The summed E-state index contributed by atoms with van der Waals surface area (Å²) in [6.45, 7) is 3.30. The van der Waals surface area contributed by atoms with E-state index >= 15 is 0 Å². The van der Waals surface area contributed by atoms with Gasteiger partial charge in [0.15, 0.2) is 0 Å². The van der Waals surface area contributed by atoms with Crippen LogP contribution in [-0.4, -0.2) is 31.0 Å². The van der Waals surface area contributed by atoms with Crippen LogP contribution in [0.1, 0.15) is 22.3 Å². The van der Waals surface area contributed by atoms with E-state index < -0.39 is 0 Å². The maximum Gasteiger partial charge on any atom is 0.251 e. The van der Waals surface area contributed by atoms with Crippen LogP contribution in [0.2, 0.25) is 0 Å². The Balaban J connectivity index is 2.32. The summed E-state index contributed by atoms with van der Waals surface area (Å²) < 4.78 is 5.00. The molecular formula is C13H18BrNO2. The number of nitrogens with one attached hydrogen (secondary N) is 1. The summed E-state index contributed by atoms with van der Waals surface area (Å²) in [5.74, 6) is -0.0258. The molecular weight excluding hydrogens is 282 g/mol. The summed E-state index contributed by atoms with van der Waals surface area (Å²) in [6.07, 6.45) is 0.853. The first kappa shape index (κ1) is 14.2. The highest BCUT2D eigenvalue weighted by Crippen LogP contribution is 2.05. The number of alkyl halides is 1. The topological polar surface area (TPSA) is 38.3 Å². The molecule has 0 aliphatic carbocycles. The zero-order valence-electron chi connectivity index (χ0n) is 10.2. The van der Waals surface area contributed by atoms with Gasteiger partial charge in [0.1, 0.15) is 0 Å². The Hall–Kier alpha value is -0.870.